The van der Waals surface area contributed by atoms with Crippen molar-refractivity contribution in [3.05, 3.63) is 114 Å². The first kappa shape index (κ1) is 21.1. The molecular formula is C27H25N3O2. The molecule has 0 unspecified atom stereocenters. The number of rotatable bonds is 7. The lowest BCUT2D eigenvalue weighted by molar-refractivity contribution is -0.117. The maximum Gasteiger partial charge on any atom is 0.268 e. The highest BCUT2D eigenvalue weighted by Gasteiger charge is 2.16. The van der Waals surface area contributed by atoms with Crippen molar-refractivity contribution in [3.63, 3.8) is 0 Å². The topological polar surface area (TPSA) is 63.1 Å². The molecule has 160 valence electrons. The molecule has 5 heteroatoms. The van der Waals surface area contributed by atoms with Crippen LogP contribution in [0.2, 0.25) is 0 Å². The van der Waals surface area contributed by atoms with E-state index in [1.165, 1.54) is 0 Å². The van der Waals surface area contributed by atoms with Gasteiger partial charge in [-0.25, -0.2) is 0 Å². The fourth-order valence-corrected chi connectivity index (χ4v) is 3.62. The van der Waals surface area contributed by atoms with Crippen LogP contribution in [0.4, 0.5) is 0 Å². The average molecular weight is 424 g/mol. The second-order valence-electron chi connectivity index (χ2n) is 7.43. The molecule has 2 N–H and O–H groups in total. The van der Waals surface area contributed by atoms with E-state index in [-0.39, 0.29) is 17.5 Å². The van der Waals surface area contributed by atoms with Crippen molar-refractivity contribution in [2.75, 3.05) is 0 Å². The van der Waals surface area contributed by atoms with E-state index in [1.54, 1.807) is 30.3 Å². The minimum Gasteiger partial charge on any atom is -0.347 e. The van der Waals surface area contributed by atoms with E-state index in [0.717, 1.165) is 28.6 Å². The van der Waals surface area contributed by atoms with Gasteiger partial charge in [0.15, 0.2) is 0 Å². The van der Waals surface area contributed by atoms with Crippen LogP contribution in [0.1, 0.15) is 28.4 Å². The van der Waals surface area contributed by atoms with Crippen molar-refractivity contribution < 1.29 is 9.59 Å². The molecule has 32 heavy (non-hydrogen) atoms. The molecule has 0 spiro atoms. The van der Waals surface area contributed by atoms with Crippen molar-refractivity contribution >= 4 is 28.8 Å². The fourth-order valence-electron chi connectivity index (χ4n) is 3.62. The molecule has 2 amide bonds. The van der Waals surface area contributed by atoms with Crippen molar-refractivity contribution in [2.45, 2.75) is 20.0 Å². The van der Waals surface area contributed by atoms with Crippen LogP contribution in [0.25, 0.3) is 17.0 Å². The SMILES string of the molecule is CCn1cc(/C=C(\NC(=O)c2ccccc2)C(=O)NCc2ccccc2)c2ccccc21. The zero-order valence-corrected chi connectivity index (χ0v) is 17.9. The number of nitrogens with one attached hydrogen (secondary N) is 2. The molecule has 0 saturated heterocycles. The summed E-state index contributed by atoms with van der Waals surface area (Å²) in [5, 5.41) is 6.75. The zero-order valence-electron chi connectivity index (χ0n) is 17.9. The summed E-state index contributed by atoms with van der Waals surface area (Å²) in [6.45, 7) is 3.25. The molecule has 0 fully saturated rings. The Labute approximate surface area is 187 Å². The van der Waals surface area contributed by atoms with Crippen molar-refractivity contribution in [1.82, 2.24) is 15.2 Å². The summed E-state index contributed by atoms with van der Waals surface area (Å²) in [5.41, 5.74) is 3.64. The number of amides is 2. The second-order valence-corrected chi connectivity index (χ2v) is 7.43. The smallest absolute Gasteiger partial charge is 0.268 e. The maximum absolute atomic E-state index is 13.1. The summed E-state index contributed by atoms with van der Waals surface area (Å²) in [6.07, 6.45) is 3.75. The summed E-state index contributed by atoms with van der Waals surface area (Å²) in [6, 6.07) is 26.6. The fraction of sp³-hybridized carbons (Fsp3) is 0.111. The largest absolute Gasteiger partial charge is 0.347 e. The first-order chi connectivity index (χ1) is 15.7. The predicted octanol–water partition coefficient (Wildman–Crippen LogP) is 4.75. The van der Waals surface area contributed by atoms with E-state index in [1.807, 2.05) is 66.9 Å². The molecule has 3 aromatic carbocycles. The molecule has 0 atom stereocenters. The van der Waals surface area contributed by atoms with Crippen molar-refractivity contribution in [1.29, 1.82) is 0 Å². The van der Waals surface area contributed by atoms with Gasteiger partial charge in [0.05, 0.1) is 0 Å². The number of para-hydroxylation sites is 1. The van der Waals surface area contributed by atoms with Crippen LogP contribution in [0, 0.1) is 0 Å². The molecule has 5 nitrogen and oxygen atoms in total. The Morgan fingerprint density at radius 3 is 2.25 bits per heavy atom. The first-order valence-electron chi connectivity index (χ1n) is 10.6. The van der Waals surface area contributed by atoms with Crippen LogP contribution in [-0.2, 0) is 17.9 Å². The summed E-state index contributed by atoms with van der Waals surface area (Å²) >= 11 is 0. The number of aromatic nitrogens is 1. The summed E-state index contributed by atoms with van der Waals surface area (Å²) in [7, 11) is 0. The highest BCUT2D eigenvalue weighted by Crippen LogP contribution is 2.23. The Hall–Kier alpha value is -4.12. The lowest BCUT2D eigenvalue weighted by Crippen LogP contribution is -2.34. The highest BCUT2D eigenvalue weighted by molar-refractivity contribution is 6.06. The summed E-state index contributed by atoms with van der Waals surface area (Å²) in [5.74, 6) is -0.669. The van der Waals surface area contributed by atoms with Gasteiger partial charge in [0.1, 0.15) is 5.70 Å². The number of hydrogen-bond acceptors (Lipinski definition) is 2. The third kappa shape index (κ3) is 4.78. The quantitative estimate of drug-likeness (QED) is 0.422. The Balaban J connectivity index is 1.67. The molecule has 0 aliphatic carbocycles. The van der Waals surface area contributed by atoms with E-state index in [4.69, 9.17) is 0 Å². The lowest BCUT2D eigenvalue weighted by atomic mass is 10.1. The molecule has 0 saturated carbocycles. The lowest BCUT2D eigenvalue weighted by Gasteiger charge is -2.11. The van der Waals surface area contributed by atoms with Gasteiger partial charge in [-0.05, 0) is 36.8 Å². The minimum absolute atomic E-state index is 0.203. The van der Waals surface area contributed by atoms with Crippen molar-refractivity contribution in [2.24, 2.45) is 0 Å². The van der Waals surface area contributed by atoms with E-state index in [9.17, 15) is 9.59 Å². The molecule has 0 aliphatic heterocycles. The molecule has 0 radical (unpaired) electrons. The average Bonchev–Trinajstić information content (AvgIpc) is 3.21. The normalized spacial score (nSPS) is 11.3. The van der Waals surface area contributed by atoms with Gasteiger partial charge >= 0.3 is 0 Å². The van der Waals surface area contributed by atoms with Gasteiger partial charge in [0.2, 0.25) is 0 Å². The highest BCUT2D eigenvalue weighted by atomic mass is 16.2. The molecule has 1 aromatic heterocycles. The second kappa shape index (κ2) is 9.79. The van der Waals surface area contributed by atoms with Crippen LogP contribution in [0.3, 0.4) is 0 Å². The third-order valence-electron chi connectivity index (χ3n) is 5.28. The number of benzene rings is 3. The molecule has 1 heterocycles. The van der Waals surface area contributed by atoms with Gasteiger partial charge in [-0.2, -0.15) is 0 Å². The van der Waals surface area contributed by atoms with Crippen LogP contribution in [0.15, 0.2) is 96.8 Å². The molecule has 0 bridgehead atoms. The van der Waals surface area contributed by atoms with Gasteiger partial charge in [0.25, 0.3) is 11.8 Å². The molecular weight excluding hydrogens is 398 g/mol. The predicted molar refractivity (Wildman–Crippen MR) is 128 cm³/mol. The Morgan fingerprint density at radius 2 is 1.53 bits per heavy atom. The van der Waals surface area contributed by atoms with Gasteiger partial charge in [-0.1, -0.05) is 66.7 Å². The van der Waals surface area contributed by atoms with E-state index in [0.29, 0.717) is 12.1 Å². The monoisotopic (exact) mass is 423 g/mol. The summed E-state index contributed by atoms with van der Waals surface area (Å²) < 4.78 is 2.12. The van der Waals surface area contributed by atoms with Gasteiger partial charge in [0, 0.05) is 41.3 Å². The Bertz CT molecular complexity index is 1260. The standard InChI is InChI=1S/C27H25N3O2/c1-2-30-19-22(23-15-9-10-16-25(23)30)17-24(29-26(31)21-13-7-4-8-14-21)27(32)28-18-20-11-5-3-6-12-20/h3-17,19H,2,18H2,1H3,(H,28,32)(H,29,31)/b24-17-. The van der Waals surface area contributed by atoms with Crippen LogP contribution in [0.5, 0.6) is 0 Å². The van der Waals surface area contributed by atoms with Crippen molar-refractivity contribution in [3.8, 4) is 0 Å². The molecule has 0 aliphatic rings. The van der Waals surface area contributed by atoms with Gasteiger partial charge in [-0.15, -0.1) is 0 Å². The zero-order chi connectivity index (χ0) is 22.3. The first-order valence-corrected chi connectivity index (χ1v) is 10.6. The summed E-state index contributed by atoms with van der Waals surface area (Å²) in [4.78, 5) is 25.9. The number of aryl methyl sites for hydroxylation is 1. The number of nitrogens with zero attached hydrogens (tertiary/aromatic N) is 1. The minimum atomic E-state index is -0.341. The van der Waals surface area contributed by atoms with Crippen LogP contribution in [-0.4, -0.2) is 16.4 Å². The van der Waals surface area contributed by atoms with Gasteiger partial charge < -0.3 is 15.2 Å². The number of carbonyl (C=O) groups is 2. The van der Waals surface area contributed by atoms with Crippen LogP contribution >= 0.6 is 0 Å². The van der Waals surface area contributed by atoms with Crippen LogP contribution < -0.4 is 10.6 Å². The van der Waals surface area contributed by atoms with E-state index >= 15 is 0 Å². The Kier molecular flexibility index (Phi) is 6.46. The van der Waals surface area contributed by atoms with Gasteiger partial charge in [-0.3, -0.25) is 9.59 Å². The Morgan fingerprint density at radius 1 is 0.875 bits per heavy atom. The molecule has 4 rings (SSSR count). The number of fused-ring (bicyclic) bond motifs is 1. The number of hydrogen-bond donors (Lipinski definition) is 2. The number of carbonyl (C=O) groups excluding carboxylic acids is 2. The maximum atomic E-state index is 13.1. The molecule has 4 aromatic rings. The van der Waals surface area contributed by atoms with E-state index < -0.39 is 0 Å². The van der Waals surface area contributed by atoms with E-state index in [2.05, 4.69) is 22.1 Å². The third-order valence-corrected chi connectivity index (χ3v) is 5.28.